The van der Waals surface area contributed by atoms with E-state index in [1.165, 1.54) is 13.2 Å². The van der Waals surface area contributed by atoms with Crippen LogP contribution >= 0.6 is 0 Å². The number of nitro benzene ring substituents is 1. The number of benzene rings is 1. The average molecular weight is 352 g/mol. The minimum Gasteiger partial charge on any atom is -0.444 e. The Morgan fingerprint density at radius 1 is 1.44 bits per heavy atom. The number of hydrogen-bond acceptors (Lipinski definition) is 6. The van der Waals surface area contributed by atoms with Gasteiger partial charge < -0.3 is 19.5 Å². The fourth-order valence-corrected chi connectivity index (χ4v) is 2.61. The van der Waals surface area contributed by atoms with E-state index in [4.69, 9.17) is 9.47 Å². The number of carbonyl (C=O) groups is 1. The first-order valence-electron chi connectivity index (χ1n) is 8.06. The topological polar surface area (TPSA) is 102 Å². The van der Waals surface area contributed by atoms with Crippen molar-refractivity contribution in [3.8, 4) is 0 Å². The van der Waals surface area contributed by atoms with Crippen LogP contribution in [0.4, 0.5) is 10.5 Å². The van der Waals surface area contributed by atoms with Gasteiger partial charge in [-0.2, -0.15) is 0 Å². The van der Waals surface area contributed by atoms with Gasteiger partial charge in [0.1, 0.15) is 5.60 Å². The van der Waals surface area contributed by atoms with Gasteiger partial charge in [0.15, 0.2) is 6.29 Å². The Kier molecular flexibility index (Phi) is 5.64. The monoisotopic (exact) mass is 352 g/mol. The molecule has 1 unspecified atom stereocenters. The predicted molar refractivity (Wildman–Crippen MR) is 90.4 cm³/mol. The lowest BCUT2D eigenvalue weighted by Gasteiger charge is -2.40. The molecule has 1 heterocycles. The number of hydrogen-bond donors (Lipinski definition) is 1. The van der Waals surface area contributed by atoms with Crippen molar-refractivity contribution in [2.24, 2.45) is 0 Å². The molecule has 0 radical (unpaired) electrons. The second-order valence-corrected chi connectivity index (χ2v) is 7.12. The van der Waals surface area contributed by atoms with Crippen molar-refractivity contribution in [3.63, 3.8) is 0 Å². The van der Waals surface area contributed by atoms with Crippen LogP contribution in [0.25, 0.3) is 0 Å². The Hall–Kier alpha value is -2.19. The lowest BCUT2D eigenvalue weighted by molar-refractivity contribution is -0.385. The first-order valence-corrected chi connectivity index (χ1v) is 8.06. The molecule has 0 spiro atoms. The van der Waals surface area contributed by atoms with E-state index in [1.807, 2.05) is 0 Å². The third-order valence-electron chi connectivity index (χ3n) is 3.98. The van der Waals surface area contributed by atoms with Crippen LogP contribution in [0.5, 0.6) is 0 Å². The zero-order chi connectivity index (χ0) is 18.8. The quantitative estimate of drug-likeness (QED) is 0.496. The van der Waals surface area contributed by atoms with E-state index in [0.717, 1.165) is 5.56 Å². The molecular formula is C17H24N2O6. The number of likely N-dealkylation sites (tertiary alicyclic amines) is 1. The van der Waals surface area contributed by atoms with Crippen molar-refractivity contribution in [2.45, 2.75) is 45.0 Å². The molecule has 1 N–H and O–H groups in total. The number of methoxy groups -OCH3 is 1. The van der Waals surface area contributed by atoms with Crippen LogP contribution in [0.15, 0.2) is 18.2 Å². The van der Waals surface area contributed by atoms with E-state index in [9.17, 15) is 20.0 Å². The number of aliphatic hydroxyl groups excluding tert-OH is 1. The summed E-state index contributed by atoms with van der Waals surface area (Å²) in [6, 6.07) is 4.93. The molecule has 1 fully saturated rings. The van der Waals surface area contributed by atoms with E-state index in [-0.39, 0.29) is 24.1 Å². The lowest BCUT2D eigenvalue weighted by Crippen LogP contribution is -2.50. The SMILES string of the molecule is COC(O)Cc1ccc(C2CN(C(=O)OC(C)(C)C)C2)cc1[N+](=O)[O-]. The second kappa shape index (κ2) is 7.37. The summed E-state index contributed by atoms with van der Waals surface area (Å²) in [6.45, 7) is 6.34. The standard InChI is InChI=1S/C17H24N2O6/c1-17(2,3)25-16(21)18-9-13(10-18)11-5-6-12(8-15(20)24-4)14(7-11)19(22)23/h5-7,13,15,20H,8-10H2,1-4H3. The van der Waals surface area contributed by atoms with Gasteiger partial charge in [0.05, 0.1) is 4.92 Å². The summed E-state index contributed by atoms with van der Waals surface area (Å²) in [6.07, 6.45) is -1.42. The summed E-state index contributed by atoms with van der Waals surface area (Å²) in [5.41, 5.74) is 0.600. The maximum atomic E-state index is 12.0. The van der Waals surface area contributed by atoms with Gasteiger partial charge >= 0.3 is 6.09 Å². The maximum absolute atomic E-state index is 12.0. The van der Waals surface area contributed by atoms with E-state index >= 15 is 0 Å². The molecule has 1 aliphatic rings. The van der Waals surface area contributed by atoms with Gasteiger partial charge in [-0.3, -0.25) is 10.1 Å². The smallest absolute Gasteiger partial charge is 0.410 e. The predicted octanol–water partition coefficient (Wildman–Crippen LogP) is 2.44. The van der Waals surface area contributed by atoms with Gasteiger partial charge in [0, 0.05) is 44.2 Å². The van der Waals surface area contributed by atoms with Crippen molar-refractivity contribution in [1.29, 1.82) is 0 Å². The summed E-state index contributed by atoms with van der Waals surface area (Å²) >= 11 is 0. The minimum atomic E-state index is -1.09. The molecule has 0 bridgehead atoms. The molecule has 1 aliphatic heterocycles. The first-order chi connectivity index (χ1) is 11.6. The maximum Gasteiger partial charge on any atom is 0.410 e. The normalized spacial score (nSPS) is 16.3. The summed E-state index contributed by atoms with van der Waals surface area (Å²) in [5.74, 6) is 0.0348. The molecule has 2 rings (SSSR count). The highest BCUT2D eigenvalue weighted by Crippen LogP contribution is 2.32. The Morgan fingerprint density at radius 2 is 2.08 bits per heavy atom. The van der Waals surface area contributed by atoms with Crippen LogP contribution in [0.2, 0.25) is 0 Å². The number of nitro groups is 1. The zero-order valence-corrected chi connectivity index (χ0v) is 14.9. The van der Waals surface area contributed by atoms with Crippen LogP contribution in [0.3, 0.4) is 0 Å². The molecule has 138 valence electrons. The summed E-state index contributed by atoms with van der Waals surface area (Å²) < 4.78 is 10.1. The first kappa shape index (κ1) is 19.1. The molecule has 1 saturated heterocycles. The fourth-order valence-electron chi connectivity index (χ4n) is 2.61. The number of ether oxygens (including phenoxy) is 2. The van der Waals surface area contributed by atoms with Crippen LogP contribution in [-0.4, -0.2) is 53.1 Å². The van der Waals surface area contributed by atoms with Gasteiger partial charge in [-0.25, -0.2) is 4.79 Å². The average Bonchev–Trinajstić information content (AvgIpc) is 2.44. The second-order valence-electron chi connectivity index (χ2n) is 7.12. The number of amides is 1. The van der Waals surface area contributed by atoms with Crippen molar-refractivity contribution >= 4 is 11.8 Å². The highest BCUT2D eigenvalue weighted by atomic mass is 16.6. The van der Waals surface area contributed by atoms with Crippen LogP contribution in [-0.2, 0) is 15.9 Å². The van der Waals surface area contributed by atoms with Gasteiger partial charge in [-0.15, -0.1) is 0 Å². The Balaban J connectivity index is 2.06. The highest BCUT2D eigenvalue weighted by molar-refractivity contribution is 5.69. The third kappa shape index (κ3) is 4.90. The Labute approximate surface area is 146 Å². The molecule has 0 aromatic heterocycles. The van der Waals surface area contributed by atoms with Gasteiger partial charge in [-0.05, 0) is 26.3 Å². The van der Waals surface area contributed by atoms with E-state index in [1.54, 1.807) is 37.8 Å². The van der Waals surface area contributed by atoms with Crippen LogP contribution in [0, 0.1) is 10.1 Å². The van der Waals surface area contributed by atoms with Crippen molar-refractivity contribution in [3.05, 3.63) is 39.4 Å². The molecule has 1 atom stereocenters. The fraction of sp³-hybridized carbons (Fsp3) is 0.588. The lowest BCUT2D eigenvalue weighted by atomic mass is 9.90. The molecule has 1 aromatic carbocycles. The van der Waals surface area contributed by atoms with Crippen LogP contribution in [0.1, 0.15) is 37.8 Å². The number of aliphatic hydroxyl groups is 1. The molecular weight excluding hydrogens is 328 g/mol. The molecule has 1 aromatic rings. The highest BCUT2D eigenvalue weighted by Gasteiger charge is 2.35. The zero-order valence-electron chi connectivity index (χ0n) is 14.9. The molecule has 0 saturated carbocycles. The van der Waals surface area contributed by atoms with Gasteiger partial charge in [-0.1, -0.05) is 12.1 Å². The number of carbonyl (C=O) groups excluding carboxylic acids is 1. The third-order valence-corrected chi connectivity index (χ3v) is 3.98. The Bertz CT molecular complexity index is 649. The van der Waals surface area contributed by atoms with Gasteiger partial charge in [0.25, 0.3) is 5.69 Å². The summed E-state index contributed by atoms with van der Waals surface area (Å²) in [7, 11) is 1.34. The molecule has 0 aliphatic carbocycles. The van der Waals surface area contributed by atoms with Crippen molar-refractivity contribution in [1.82, 2.24) is 4.90 Å². The van der Waals surface area contributed by atoms with Gasteiger partial charge in [0.2, 0.25) is 0 Å². The Morgan fingerprint density at radius 3 is 2.60 bits per heavy atom. The van der Waals surface area contributed by atoms with E-state index in [0.29, 0.717) is 18.7 Å². The van der Waals surface area contributed by atoms with Crippen molar-refractivity contribution in [2.75, 3.05) is 20.2 Å². The van der Waals surface area contributed by atoms with Crippen LogP contribution < -0.4 is 0 Å². The molecule has 1 amide bonds. The summed E-state index contributed by atoms with van der Waals surface area (Å²) in [5, 5.41) is 20.8. The number of nitrogens with zero attached hydrogens (tertiary/aromatic N) is 2. The summed E-state index contributed by atoms with van der Waals surface area (Å²) in [4.78, 5) is 24.4. The van der Waals surface area contributed by atoms with E-state index in [2.05, 4.69) is 0 Å². The molecule has 8 heteroatoms. The largest absolute Gasteiger partial charge is 0.444 e. The minimum absolute atomic E-state index is 0.0348. The number of rotatable bonds is 5. The van der Waals surface area contributed by atoms with Crippen molar-refractivity contribution < 1.29 is 24.3 Å². The molecule has 8 nitrogen and oxygen atoms in total. The van der Waals surface area contributed by atoms with E-state index < -0.39 is 16.8 Å². The molecule has 25 heavy (non-hydrogen) atoms.